The Morgan fingerprint density at radius 2 is 2.09 bits per heavy atom. The summed E-state index contributed by atoms with van der Waals surface area (Å²) in [5.74, 6) is -0.0500. The molecule has 5 nitrogen and oxygen atoms in total. The molecule has 0 spiro atoms. The van der Waals surface area contributed by atoms with Crippen LogP contribution in [0.1, 0.15) is 28.0 Å². The monoisotopic (exact) mass is 307 g/mol. The highest BCUT2D eigenvalue weighted by molar-refractivity contribution is 5.98. The molecule has 1 amide bonds. The smallest absolute Gasteiger partial charge is 0.251 e. The van der Waals surface area contributed by atoms with Crippen LogP contribution < -0.4 is 10.9 Å². The fraction of sp³-hybridized carbons (Fsp3) is 0.222. The van der Waals surface area contributed by atoms with Gasteiger partial charge < -0.3 is 15.3 Å². The first-order valence-corrected chi connectivity index (χ1v) is 7.78. The van der Waals surface area contributed by atoms with Crippen LogP contribution in [0.5, 0.6) is 0 Å². The van der Waals surface area contributed by atoms with Gasteiger partial charge in [0.1, 0.15) is 0 Å². The van der Waals surface area contributed by atoms with E-state index in [2.05, 4.69) is 15.3 Å². The summed E-state index contributed by atoms with van der Waals surface area (Å²) in [5, 5.41) is 4.14. The Bertz CT molecular complexity index is 939. The summed E-state index contributed by atoms with van der Waals surface area (Å²) in [7, 11) is 0. The standard InChI is InChI=1S/C18H17N3O2/c22-17-6-2-11-10-14(3-5-16(11)21-17)20-18(23)13-1-4-15-12(9-13)7-8-19-15/h1-2,4,6-9,14,19H,3,5,10H2,(H,20,23)(H,21,22). The zero-order valence-electron chi connectivity index (χ0n) is 12.6. The van der Waals surface area contributed by atoms with Crippen molar-refractivity contribution >= 4 is 16.8 Å². The molecule has 1 aliphatic rings. The second kappa shape index (κ2) is 5.43. The molecular formula is C18H17N3O2. The zero-order valence-corrected chi connectivity index (χ0v) is 12.6. The van der Waals surface area contributed by atoms with E-state index in [-0.39, 0.29) is 17.5 Å². The predicted molar refractivity (Wildman–Crippen MR) is 88.6 cm³/mol. The molecule has 0 saturated carbocycles. The number of aromatic nitrogens is 2. The van der Waals surface area contributed by atoms with E-state index >= 15 is 0 Å². The quantitative estimate of drug-likeness (QED) is 0.678. The number of benzene rings is 1. The number of rotatable bonds is 2. The molecule has 2 aromatic heterocycles. The van der Waals surface area contributed by atoms with E-state index in [9.17, 15) is 9.59 Å². The highest BCUT2D eigenvalue weighted by Crippen LogP contribution is 2.19. The number of H-pyrrole nitrogens is 2. The van der Waals surface area contributed by atoms with Gasteiger partial charge in [-0.2, -0.15) is 0 Å². The van der Waals surface area contributed by atoms with E-state index in [1.54, 1.807) is 6.07 Å². The van der Waals surface area contributed by atoms with Gasteiger partial charge in [0.15, 0.2) is 0 Å². The maximum absolute atomic E-state index is 12.5. The van der Waals surface area contributed by atoms with Crippen LogP contribution in [0.2, 0.25) is 0 Å². The molecule has 4 rings (SSSR count). The van der Waals surface area contributed by atoms with Crippen molar-refractivity contribution in [2.75, 3.05) is 0 Å². The lowest BCUT2D eigenvalue weighted by molar-refractivity contribution is 0.0933. The summed E-state index contributed by atoms with van der Waals surface area (Å²) in [6.07, 6.45) is 4.24. The third-order valence-electron chi connectivity index (χ3n) is 4.46. The average molecular weight is 307 g/mol. The van der Waals surface area contributed by atoms with Crippen LogP contribution >= 0.6 is 0 Å². The first kappa shape index (κ1) is 13.8. The van der Waals surface area contributed by atoms with Crippen molar-refractivity contribution < 1.29 is 4.79 Å². The van der Waals surface area contributed by atoms with Crippen LogP contribution in [0.3, 0.4) is 0 Å². The summed E-state index contributed by atoms with van der Waals surface area (Å²) in [5.41, 5.74) is 3.74. The summed E-state index contributed by atoms with van der Waals surface area (Å²) < 4.78 is 0. The van der Waals surface area contributed by atoms with E-state index < -0.39 is 0 Å². The van der Waals surface area contributed by atoms with Gasteiger partial charge in [0.05, 0.1) is 0 Å². The summed E-state index contributed by atoms with van der Waals surface area (Å²) >= 11 is 0. The molecule has 0 fully saturated rings. The maximum Gasteiger partial charge on any atom is 0.251 e. The van der Waals surface area contributed by atoms with Gasteiger partial charge in [-0.05, 0) is 49.1 Å². The molecule has 1 aliphatic carbocycles. The SMILES string of the molecule is O=C(NC1CCc2[nH]c(=O)ccc2C1)c1ccc2[nH]ccc2c1. The molecule has 0 saturated heterocycles. The molecule has 23 heavy (non-hydrogen) atoms. The van der Waals surface area contributed by atoms with Crippen LogP contribution in [-0.4, -0.2) is 21.9 Å². The Hall–Kier alpha value is -2.82. The van der Waals surface area contributed by atoms with Crippen LogP contribution in [0.15, 0.2) is 47.4 Å². The number of aryl methyl sites for hydroxylation is 1. The molecule has 116 valence electrons. The van der Waals surface area contributed by atoms with E-state index in [1.165, 1.54) is 0 Å². The predicted octanol–water partition coefficient (Wildman–Crippen LogP) is 2.14. The topological polar surface area (TPSA) is 77.8 Å². The molecule has 1 atom stereocenters. The van der Waals surface area contributed by atoms with Crippen LogP contribution in [0.25, 0.3) is 10.9 Å². The van der Waals surface area contributed by atoms with Gasteiger partial charge in [0, 0.05) is 40.5 Å². The lowest BCUT2D eigenvalue weighted by Gasteiger charge is -2.25. The lowest BCUT2D eigenvalue weighted by Crippen LogP contribution is -2.39. The molecule has 3 aromatic rings. The molecule has 0 bridgehead atoms. The van der Waals surface area contributed by atoms with Crippen LogP contribution in [-0.2, 0) is 12.8 Å². The normalized spacial score (nSPS) is 17.0. The number of carbonyl (C=O) groups is 1. The number of fused-ring (bicyclic) bond motifs is 2. The number of hydrogen-bond acceptors (Lipinski definition) is 2. The van der Waals surface area contributed by atoms with Gasteiger partial charge in [-0.25, -0.2) is 0 Å². The van der Waals surface area contributed by atoms with Crippen molar-refractivity contribution in [2.24, 2.45) is 0 Å². The number of hydrogen-bond donors (Lipinski definition) is 3. The number of aromatic amines is 2. The minimum Gasteiger partial charge on any atom is -0.361 e. The number of nitrogens with one attached hydrogen (secondary N) is 3. The molecule has 2 heterocycles. The molecule has 1 unspecified atom stereocenters. The molecule has 1 aromatic carbocycles. The number of pyridine rings is 1. The Morgan fingerprint density at radius 3 is 3.00 bits per heavy atom. The molecule has 3 N–H and O–H groups in total. The summed E-state index contributed by atoms with van der Waals surface area (Å²) in [6, 6.07) is 11.1. The first-order valence-electron chi connectivity index (χ1n) is 7.78. The van der Waals surface area contributed by atoms with Gasteiger partial charge in [-0.1, -0.05) is 6.07 Å². The van der Waals surface area contributed by atoms with Gasteiger partial charge in [0.25, 0.3) is 5.91 Å². The van der Waals surface area contributed by atoms with Crippen molar-refractivity contribution in [1.29, 1.82) is 0 Å². The van der Waals surface area contributed by atoms with E-state index in [1.807, 2.05) is 36.5 Å². The lowest BCUT2D eigenvalue weighted by atomic mass is 9.91. The molecule has 5 heteroatoms. The third-order valence-corrected chi connectivity index (χ3v) is 4.46. The maximum atomic E-state index is 12.5. The van der Waals surface area contributed by atoms with E-state index in [0.29, 0.717) is 5.56 Å². The number of carbonyl (C=O) groups excluding carboxylic acids is 1. The third kappa shape index (κ3) is 2.65. The minimum absolute atomic E-state index is 0.0500. The Labute approximate surface area is 132 Å². The Balaban J connectivity index is 1.50. The average Bonchev–Trinajstić information content (AvgIpc) is 3.02. The van der Waals surface area contributed by atoms with E-state index in [0.717, 1.165) is 41.4 Å². The first-order chi connectivity index (χ1) is 11.2. The largest absolute Gasteiger partial charge is 0.361 e. The Morgan fingerprint density at radius 1 is 1.17 bits per heavy atom. The second-order valence-electron chi connectivity index (χ2n) is 6.02. The molecule has 0 aliphatic heterocycles. The van der Waals surface area contributed by atoms with E-state index in [4.69, 9.17) is 0 Å². The van der Waals surface area contributed by atoms with Crippen molar-refractivity contribution in [3.63, 3.8) is 0 Å². The fourth-order valence-electron chi connectivity index (χ4n) is 3.23. The van der Waals surface area contributed by atoms with Crippen LogP contribution in [0.4, 0.5) is 0 Å². The Kier molecular flexibility index (Phi) is 3.26. The second-order valence-corrected chi connectivity index (χ2v) is 6.02. The summed E-state index contributed by atoms with van der Waals surface area (Å²) in [4.78, 5) is 29.8. The fourth-order valence-corrected chi connectivity index (χ4v) is 3.23. The van der Waals surface area contributed by atoms with Crippen molar-refractivity contribution in [1.82, 2.24) is 15.3 Å². The van der Waals surface area contributed by atoms with Crippen molar-refractivity contribution in [3.05, 3.63) is 69.8 Å². The van der Waals surface area contributed by atoms with Gasteiger partial charge >= 0.3 is 0 Å². The zero-order chi connectivity index (χ0) is 15.8. The van der Waals surface area contributed by atoms with Gasteiger partial charge in [-0.3, -0.25) is 9.59 Å². The van der Waals surface area contributed by atoms with Gasteiger partial charge in [-0.15, -0.1) is 0 Å². The van der Waals surface area contributed by atoms with Gasteiger partial charge in [0.2, 0.25) is 5.56 Å². The minimum atomic E-state index is -0.0639. The van der Waals surface area contributed by atoms with Crippen molar-refractivity contribution in [3.8, 4) is 0 Å². The summed E-state index contributed by atoms with van der Waals surface area (Å²) in [6.45, 7) is 0. The number of amides is 1. The van der Waals surface area contributed by atoms with Crippen molar-refractivity contribution in [2.45, 2.75) is 25.3 Å². The van der Waals surface area contributed by atoms with Crippen LogP contribution in [0, 0.1) is 0 Å². The highest BCUT2D eigenvalue weighted by Gasteiger charge is 2.21. The molecule has 0 radical (unpaired) electrons. The highest BCUT2D eigenvalue weighted by atomic mass is 16.1. The molecular weight excluding hydrogens is 290 g/mol.